The van der Waals surface area contributed by atoms with Crippen molar-refractivity contribution in [3.05, 3.63) is 71.8 Å². The number of hydrogen-bond donors (Lipinski definition) is 1. The van der Waals surface area contributed by atoms with Gasteiger partial charge in [0.05, 0.1) is 0 Å². The Labute approximate surface area is 190 Å². The van der Waals surface area contributed by atoms with Gasteiger partial charge in [0.1, 0.15) is 6.04 Å². The maximum Gasteiger partial charge on any atom is 0.254 e. The minimum atomic E-state index is -0.348. The van der Waals surface area contributed by atoms with E-state index in [0.29, 0.717) is 11.5 Å². The van der Waals surface area contributed by atoms with Gasteiger partial charge in [0.15, 0.2) is 0 Å². The molecule has 2 saturated heterocycles. The second-order valence-electron chi connectivity index (χ2n) is 9.66. The van der Waals surface area contributed by atoms with Gasteiger partial charge in [0, 0.05) is 37.3 Å². The summed E-state index contributed by atoms with van der Waals surface area (Å²) >= 11 is 0. The average molecular weight is 432 g/mol. The van der Waals surface area contributed by atoms with Gasteiger partial charge in [-0.1, -0.05) is 61.4 Å². The fraction of sp³-hybridized carbons (Fsp3) is 0.481. The van der Waals surface area contributed by atoms with Crippen LogP contribution >= 0.6 is 0 Å². The summed E-state index contributed by atoms with van der Waals surface area (Å²) in [7, 11) is 0. The lowest BCUT2D eigenvalue weighted by Gasteiger charge is -2.34. The number of nitrogens with one attached hydrogen (secondary N) is 1. The Kier molecular flexibility index (Phi) is 6.26. The molecule has 5 heteroatoms. The number of nitrogens with zero attached hydrogens (tertiary/aromatic N) is 2. The first-order valence-electron chi connectivity index (χ1n) is 12.1. The molecule has 2 heterocycles. The largest absolute Gasteiger partial charge is 0.350 e. The molecule has 4 atom stereocenters. The minimum absolute atomic E-state index is 0.0114. The van der Waals surface area contributed by atoms with Crippen molar-refractivity contribution in [2.45, 2.75) is 63.2 Å². The maximum atomic E-state index is 13.4. The summed E-state index contributed by atoms with van der Waals surface area (Å²) in [5.41, 5.74) is 1.99. The van der Waals surface area contributed by atoms with Gasteiger partial charge in [-0.25, -0.2) is 0 Å². The van der Waals surface area contributed by atoms with Gasteiger partial charge in [0.2, 0.25) is 5.91 Å². The first-order valence-corrected chi connectivity index (χ1v) is 12.1. The zero-order valence-corrected chi connectivity index (χ0v) is 18.7. The van der Waals surface area contributed by atoms with Crippen LogP contribution in [0.1, 0.15) is 54.4 Å². The van der Waals surface area contributed by atoms with Crippen molar-refractivity contribution in [1.82, 2.24) is 15.1 Å². The molecule has 1 N–H and O–H groups in total. The molecule has 3 fully saturated rings. The Balaban J connectivity index is 1.26. The van der Waals surface area contributed by atoms with E-state index in [0.717, 1.165) is 51.7 Å². The summed E-state index contributed by atoms with van der Waals surface area (Å²) in [4.78, 5) is 31.2. The van der Waals surface area contributed by atoms with Crippen LogP contribution < -0.4 is 5.32 Å². The van der Waals surface area contributed by atoms with Crippen LogP contribution in [0.3, 0.4) is 0 Å². The van der Waals surface area contributed by atoms with Crippen LogP contribution in [0, 0.1) is 5.92 Å². The molecule has 4 unspecified atom stereocenters. The molecule has 2 aromatic carbocycles. The van der Waals surface area contributed by atoms with Crippen molar-refractivity contribution in [2.24, 2.45) is 5.92 Å². The number of likely N-dealkylation sites (tertiary alicyclic amines) is 2. The highest BCUT2D eigenvalue weighted by Gasteiger charge is 2.47. The monoisotopic (exact) mass is 431 g/mol. The van der Waals surface area contributed by atoms with E-state index in [9.17, 15) is 9.59 Å². The Morgan fingerprint density at radius 1 is 0.906 bits per heavy atom. The highest BCUT2D eigenvalue weighted by Crippen LogP contribution is 2.40. The molecule has 2 amide bonds. The molecule has 3 aliphatic rings. The molecule has 2 aromatic rings. The number of carbonyl (C=O) groups is 2. The lowest BCUT2D eigenvalue weighted by atomic mass is 9.84. The summed E-state index contributed by atoms with van der Waals surface area (Å²) in [5, 5.41) is 3.31. The predicted molar refractivity (Wildman–Crippen MR) is 125 cm³/mol. The second-order valence-corrected chi connectivity index (χ2v) is 9.66. The van der Waals surface area contributed by atoms with Crippen molar-refractivity contribution in [1.29, 1.82) is 0 Å². The molecular formula is C27H33N3O2. The Morgan fingerprint density at radius 2 is 1.62 bits per heavy atom. The number of fused-ring (bicyclic) bond motifs is 1. The van der Waals surface area contributed by atoms with Crippen LogP contribution in [0.2, 0.25) is 0 Å². The highest BCUT2D eigenvalue weighted by atomic mass is 16.2. The number of hydrogen-bond acceptors (Lipinski definition) is 3. The molecule has 32 heavy (non-hydrogen) atoms. The van der Waals surface area contributed by atoms with Crippen LogP contribution in [0.15, 0.2) is 60.7 Å². The van der Waals surface area contributed by atoms with Gasteiger partial charge in [0.25, 0.3) is 5.91 Å². The third kappa shape index (κ3) is 4.44. The molecule has 0 bridgehead atoms. The standard InChI is InChI=1S/C27H33N3O2/c31-26(28-23-15-16-29(19-23)18-20-9-3-1-4-10-20)25-17-22-13-7-8-14-24(22)30(25)27(32)21-11-5-2-6-12-21/h1-6,9-12,22-25H,7-8,13-19H2,(H,28,31). The summed E-state index contributed by atoms with van der Waals surface area (Å²) in [6.45, 7) is 2.77. The summed E-state index contributed by atoms with van der Waals surface area (Å²) < 4.78 is 0. The lowest BCUT2D eigenvalue weighted by molar-refractivity contribution is -0.125. The van der Waals surface area contributed by atoms with Crippen LogP contribution in [0.5, 0.6) is 0 Å². The summed E-state index contributed by atoms with van der Waals surface area (Å²) in [6, 6.07) is 20.0. The lowest BCUT2D eigenvalue weighted by Crippen LogP contribution is -2.51. The zero-order chi connectivity index (χ0) is 21.9. The maximum absolute atomic E-state index is 13.4. The van der Waals surface area contributed by atoms with Crippen molar-refractivity contribution in [3.63, 3.8) is 0 Å². The van der Waals surface area contributed by atoms with Crippen molar-refractivity contribution in [3.8, 4) is 0 Å². The molecule has 168 valence electrons. The number of carbonyl (C=O) groups excluding carboxylic acids is 2. The fourth-order valence-corrected chi connectivity index (χ4v) is 5.95. The van der Waals surface area contributed by atoms with Crippen molar-refractivity contribution >= 4 is 11.8 Å². The van der Waals surface area contributed by atoms with E-state index in [2.05, 4.69) is 34.5 Å². The van der Waals surface area contributed by atoms with Gasteiger partial charge in [-0.15, -0.1) is 0 Å². The molecule has 1 aliphatic carbocycles. The van der Waals surface area contributed by atoms with Crippen LogP contribution in [-0.2, 0) is 11.3 Å². The normalized spacial score (nSPS) is 27.8. The van der Waals surface area contributed by atoms with Crippen molar-refractivity contribution in [2.75, 3.05) is 13.1 Å². The Bertz CT molecular complexity index is 932. The van der Waals surface area contributed by atoms with Crippen molar-refractivity contribution < 1.29 is 9.59 Å². The predicted octanol–water partition coefficient (Wildman–Crippen LogP) is 3.85. The first-order chi connectivity index (χ1) is 15.7. The third-order valence-corrected chi connectivity index (χ3v) is 7.51. The van der Waals surface area contributed by atoms with E-state index >= 15 is 0 Å². The second kappa shape index (κ2) is 9.45. The topological polar surface area (TPSA) is 52.7 Å². The van der Waals surface area contributed by atoms with E-state index in [-0.39, 0.29) is 29.9 Å². The van der Waals surface area contributed by atoms with Gasteiger partial charge < -0.3 is 10.2 Å². The molecule has 0 aromatic heterocycles. The van der Waals surface area contributed by atoms with Crippen LogP contribution in [0.25, 0.3) is 0 Å². The van der Waals surface area contributed by atoms with Crippen LogP contribution in [0.4, 0.5) is 0 Å². The molecular weight excluding hydrogens is 398 g/mol. The number of amides is 2. The smallest absolute Gasteiger partial charge is 0.254 e. The summed E-state index contributed by atoms with van der Waals surface area (Å²) in [5.74, 6) is 0.498. The Hall–Kier alpha value is -2.66. The SMILES string of the molecule is O=C(NC1CCN(Cc2ccccc2)C1)C1CC2CCCCC2N1C(=O)c1ccccc1. The molecule has 0 radical (unpaired) electrons. The third-order valence-electron chi connectivity index (χ3n) is 7.51. The quantitative estimate of drug-likeness (QED) is 0.782. The molecule has 1 saturated carbocycles. The molecule has 5 rings (SSSR count). The van der Waals surface area contributed by atoms with E-state index in [1.54, 1.807) is 0 Å². The Morgan fingerprint density at radius 3 is 2.41 bits per heavy atom. The first kappa shape index (κ1) is 21.2. The fourth-order valence-electron chi connectivity index (χ4n) is 5.95. The molecule has 2 aliphatic heterocycles. The van der Waals surface area contributed by atoms with Gasteiger partial charge in [-0.2, -0.15) is 0 Å². The average Bonchev–Trinajstić information content (AvgIpc) is 3.44. The minimum Gasteiger partial charge on any atom is -0.350 e. The van der Waals surface area contributed by atoms with E-state index < -0.39 is 0 Å². The number of benzene rings is 2. The van der Waals surface area contributed by atoms with Gasteiger partial charge >= 0.3 is 0 Å². The van der Waals surface area contributed by atoms with E-state index in [4.69, 9.17) is 0 Å². The zero-order valence-electron chi connectivity index (χ0n) is 18.7. The van der Waals surface area contributed by atoms with E-state index in [1.807, 2.05) is 41.3 Å². The van der Waals surface area contributed by atoms with Crippen LogP contribution in [-0.4, -0.2) is 52.8 Å². The van der Waals surface area contributed by atoms with Gasteiger partial charge in [-0.3, -0.25) is 14.5 Å². The molecule has 0 spiro atoms. The van der Waals surface area contributed by atoms with Gasteiger partial charge in [-0.05, 0) is 49.3 Å². The summed E-state index contributed by atoms with van der Waals surface area (Å²) in [6.07, 6.45) is 6.26. The number of rotatable bonds is 5. The van der Waals surface area contributed by atoms with E-state index in [1.165, 1.54) is 12.0 Å². The highest BCUT2D eigenvalue weighted by molar-refractivity contribution is 5.98. The molecule has 5 nitrogen and oxygen atoms in total.